The summed E-state index contributed by atoms with van der Waals surface area (Å²) < 4.78 is 17.6. The Morgan fingerprint density at radius 2 is 1.77 bits per heavy atom. The number of amides is 1. The third-order valence-electron chi connectivity index (χ3n) is 4.69. The monoisotopic (exact) mass is 361 g/mol. The molecule has 0 aromatic heterocycles. The van der Waals surface area contributed by atoms with Gasteiger partial charge in [0.1, 0.15) is 12.4 Å². The topological polar surface area (TPSA) is 77.0 Å². The van der Waals surface area contributed by atoms with E-state index in [1.165, 1.54) is 6.92 Å². The summed E-state index contributed by atoms with van der Waals surface area (Å²) in [6.07, 6.45) is 1.95. The number of aliphatic hydroxyl groups excluding tert-OH is 1. The van der Waals surface area contributed by atoms with Crippen molar-refractivity contribution in [1.82, 2.24) is 5.32 Å². The normalized spacial score (nSPS) is 18.7. The van der Waals surface area contributed by atoms with Crippen LogP contribution in [-0.4, -0.2) is 49.1 Å². The maximum atomic E-state index is 11.4. The Morgan fingerprint density at radius 1 is 1.19 bits per heavy atom. The minimum absolute atomic E-state index is 0.0234. The minimum atomic E-state index is -0.530. The third kappa shape index (κ3) is 5.10. The summed E-state index contributed by atoms with van der Waals surface area (Å²) in [6.45, 7) is 10.0. The summed E-state index contributed by atoms with van der Waals surface area (Å²) in [5.74, 6) is 0.579. The van der Waals surface area contributed by atoms with Crippen molar-refractivity contribution in [3.63, 3.8) is 0 Å². The number of benzene rings is 1. The molecule has 0 saturated carbocycles. The molecular weight excluding hydrogens is 333 g/mol. The molecule has 0 spiro atoms. The second-order valence-electron chi connectivity index (χ2n) is 7.36. The lowest BCUT2D eigenvalue weighted by Gasteiger charge is -2.32. The molecule has 1 aliphatic heterocycles. The Bertz CT molecular complexity index is 638. The van der Waals surface area contributed by atoms with Gasteiger partial charge in [0.25, 0.3) is 0 Å². The molecule has 6 nitrogen and oxygen atoms in total. The molecule has 1 aromatic rings. The summed E-state index contributed by atoms with van der Waals surface area (Å²) >= 11 is 0. The van der Waals surface area contributed by atoms with Crippen molar-refractivity contribution in [1.29, 1.82) is 0 Å². The SMILES string of the molecule is CC(=O)NCC(=Cc1ccc(OCCO)cc1)B1OC(C)(C)C(C)(C)O1. The molecule has 2 N–H and O–H groups in total. The fourth-order valence-electron chi connectivity index (χ4n) is 2.46. The Balaban J connectivity index is 2.21. The van der Waals surface area contributed by atoms with E-state index in [4.69, 9.17) is 19.2 Å². The van der Waals surface area contributed by atoms with Gasteiger partial charge in [0.2, 0.25) is 5.91 Å². The highest BCUT2D eigenvalue weighted by Crippen LogP contribution is 2.38. The van der Waals surface area contributed by atoms with Gasteiger partial charge in [-0.25, -0.2) is 0 Å². The van der Waals surface area contributed by atoms with E-state index in [-0.39, 0.29) is 19.1 Å². The van der Waals surface area contributed by atoms with Gasteiger partial charge in [-0.1, -0.05) is 18.2 Å². The van der Waals surface area contributed by atoms with E-state index >= 15 is 0 Å². The predicted octanol–water partition coefficient (Wildman–Crippen LogP) is 2.21. The molecule has 0 atom stereocenters. The summed E-state index contributed by atoms with van der Waals surface area (Å²) in [7, 11) is -0.530. The lowest BCUT2D eigenvalue weighted by atomic mass is 9.77. The van der Waals surface area contributed by atoms with Crippen LogP contribution in [0.25, 0.3) is 6.08 Å². The number of carbonyl (C=O) groups excluding carboxylic acids is 1. The van der Waals surface area contributed by atoms with Crippen LogP contribution >= 0.6 is 0 Å². The molecule has 0 aliphatic carbocycles. The zero-order valence-electron chi connectivity index (χ0n) is 16.2. The van der Waals surface area contributed by atoms with Gasteiger partial charge in [-0.2, -0.15) is 0 Å². The second kappa shape index (κ2) is 8.25. The summed E-state index contributed by atoms with van der Waals surface area (Å²) in [5, 5.41) is 11.6. The van der Waals surface area contributed by atoms with Gasteiger partial charge in [0.15, 0.2) is 0 Å². The van der Waals surface area contributed by atoms with Crippen LogP contribution in [0.3, 0.4) is 0 Å². The largest absolute Gasteiger partial charge is 0.492 e. The summed E-state index contributed by atoms with van der Waals surface area (Å²) in [5.41, 5.74) is 0.878. The predicted molar refractivity (Wildman–Crippen MR) is 102 cm³/mol. The number of aliphatic hydroxyl groups is 1. The van der Waals surface area contributed by atoms with Crippen LogP contribution < -0.4 is 10.1 Å². The van der Waals surface area contributed by atoms with Gasteiger partial charge in [-0.3, -0.25) is 4.79 Å². The first-order valence-corrected chi connectivity index (χ1v) is 8.79. The number of hydrogen-bond donors (Lipinski definition) is 2. The molecule has 142 valence electrons. The molecule has 7 heteroatoms. The Morgan fingerprint density at radius 3 is 2.27 bits per heavy atom. The quantitative estimate of drug-likeness (QED) is 0.729. The number of ether oxygens (including phenoxy) is 1. The first-order valence-electron chi connectivity index (χ1n) is 8.79. The van der Waals surface area contributed by atoms with E-state index in [0.717, 1.165) is 11.0 Å². The fraction of sp³-hybridized carbons (Fsp3) is 0.526. The van der Waals surface area contributed by atoms with Crippen LogP contribution in [-0.2, 0) is 14.1 Å². The molecule has 1 fully saturated rings. The molecule has 0 bridgehead atoms. The molecule has 0 radical (unpaired) electrons. The number of rotatable bonds is 7. The van der Waals surface area contributed by atoms with Gasteiger partial charge >= 0.3 is 7.12 Å². The van der Waals surface area contributed by atoms with Crippen LogP contribution in [0.5, 0.6) is 5.75 Å². The zero-order valence-corrected chi connectivity index (χ0v) is 16.2. The van der Waals surface area contributed by atoms with Gasteiger partial charge in [0.05, 0.1) is 17.8 Å². The van der Waals surface area contributed by atoms with Crippen molar-refractivity contribution in [2.75, 3.05) is 19.8 Å². The molecular formula is C19H28BNO5. The smallest absolute Gasteiger partial charge is 0.491 e. The van der Waals surface area contributed by atoms with E-state index in [9.17, 15) is 4.79 Å². The highest BCUT2D eigenvalue weighted by molar-refractivity contribution is 6.56. The highest BCUT2D eigenvalue weighted by atomic mass is 16.7. The van der Waals surface area contributed by atoms with E-state index in [2.05, 4.69) is 5.32 Å². The zero-order chi connectivity index (χ0) is 19.4. The van der Waals surface area contributed by atoms with Crippen molar-refractivity contribution in [3.8, 4) is 5.75 Å². The number of carbonyl (C=O) groups is 1. The van der Waals surface area contributed by atoms with Crippen LogP contribution in [0.2, 0.25) is 0 Å². The molecule has 1 saturated heterocycles. The molecule has 1 amide bonds. The van der Waals surface area contributed by atoms with Crippen LogP contribution in [0.1, 0.15) is 40.2 Å². The Labute approximate surface area is 155 Å². The molecule has 26 heavy (non-hydrogen) atoms. The van der Waals surface area contributed by atoms with Gasteiger partial charge in [0, 0.05) is 13.5 Å². The van der Waals surface area contributed by atoms with Crippen molar-refractivity contribution >= 4 is 19.1 Å². The van der Waals surface area contributed by atoms with Gasteiger partial charge in [-0.05, 0) is 50.9 Å². The number of nitrogens with one attached hydrogen (secondary N) is 1. The Hall–Kier alpha value is -1.83. The average Bonchev–Trinajstić information content (AvgIpc) is 2.78. The summed E-state index contributed by atoms with van der Waals surface area (Å²) in [6, 6.07) is 7.49. The maximum absolute atomic E-state index is 11.4. The van der Waals surface area contributed by atoms with Gasteiger partial charge in [-0.15, -0.1) is 0 Å². The molecule has 1 heterocycles. The average molecular weight is 361 g/mol. The summed E-state index contributed by atoms with van der Waals surface area (Å²) in [4.78, 5) is 11.4. The fourth-order valence-corrected chi connectivity index (χ4v) is 2.46. The lowest BCUT2D eigenvalue weighted by Crippen LogP contribution is -2.41. The van der Waals surface area contributed by atoms with Gasteiger partial charge < -0.3 is 24.5 Å². The van der Waals surface area contributed by atoms with Crippen molar-refractivity contribution in [2.45, 2.75) is 45.8 Å². The van der Waals surface area contributed by atoms with Crippen molar-refractivity contribution in [2.24, 2.45) is 0 Å². The first kappa shape index (κ1) is 20.5. The second-order valence-corrected chi connectivity index (χ2v) is 7.36. The molecule has 1 aliphatic rings. The van der Waals surface area contributed by atoms with E-state index in [1.807, 2.05) is 58.0 Å². The molecule has 0 unspecified atom stereocenters. The molecule has 1 aromatic carbocycles. The van der Waals surface area contributed by atoms with Crippen molar-refractivity contribution in [3.05, 3.63) is 35.3 Å². The van der Waals surface area contributed by atoms with E-state index in [1.54, 1.807) is 0 Å². The Kier molecular flexibility index (Phi) is 6.50. The molecule has 2 rings (SSSR count). The van der Waals surface area contributed by atoms with Crippen molar-refractivity contribution < 1.29 is 23.9 Å². The third-order valence-corrected chi connectivity index (χ3v) is 4.69. The van der Waals surface area contributed by atoms with Crippen LogP contribution in [0.4, 0.5) is 0 Å². The van der Waals surface area contributed by atoms with Crippen LogP contribution in [0.15, 0.2) is 29.7 Å². The number of hydrogen-bond acceptors (Lipinski definition) is 5. The lowest BCUT2D eigenvalue weighted by molar-refractivity contribution is -0.118. The van der Waals surface area contributed by atoms with E-state index in [0.29, 0.717) is 12.3 Å². The van der Waals surface area contributed by atoms with Crippen LogP contribution in [0, 0.1) is 0 Å². The first-order chi connectivity index (χ1) is 12.1. The minimum Gasteiger partial charge on any atom is -0.491 e. The maximum Gasteiger partial charge on any atom is 0.492 e. The van der Waals surface area contributed by atoms with E-state index < -0.39 is 18.3 Å². The highest BCUT2D eigenvalue weighted by Gasteiger charge is 2.52. The standard InChI is InChI=1S/C19H28BNO5/c1-14(23)21-13-16(20-25-18(2,3)19(4,5)26-20)12-15-6-8-17(9-7-15)24-11-10-22/h6-9,12,22H,10-11,13H2,1-5H3,(H,21,23).